The Labute approximate surface area is 176 Å². The molecule has 1 fully saturated rings. The molecule has 162 valence electrons. The van der Waals surface area contributed by atoms with Crippen molar-refractivity contribution < 1.29 is 18.7 Å². The standard InChI is InChI=1S/C22H29FN4O3/c1-2-3-4-19(28)14-26-9-11-27(12-10-26)15-21-25-20(16-30-21)22(29)24-13-17-5-7-18(23)8-6-17/h2,5-8,16,19,28H,1,3-4,9-15H2,(H,24,29)/t19-/m0/s1. The zero-order chi connectivity index (χ0) is 21.3. The Morgan fingerprint density at radius 1 is 1.27 bits per heavy atom. The molecule has 0 spiro atoms. The van der Waals surface area contributed by atoms with E-state index in [0.717, 1.165) is 44.6 Å². The first-order valence-corrected chi connectivity index (χ1v) is 10.2. The third kappa shape index (κ3) is 6.76. The smallest absolute Gasteiger partial charge is 0.273 e. The summed E-state index contributed by atoms with van der Waals surface area (Å²) < 4.78 is 18.4. The lowest BCUT2D eigenvalue weighted by Crippen LogP contribution is -2.48. The van der Waals surface area contributed by atoms with Gasteiger partial charge in [-0.25, -0.2) is 9.37 Å². The molecule has 1 saturated heterocycles. The van der Waals surface area contributed by atoms with Crippen LogP contribution in [0.15, 0.2) is 47.6 Å². The van der Waals surface area contributed by atoms with Gasteiger partial charge in [0.15, 0.2) is 5.69 Å². The summed E-state index contributed by atoms with van der Waals surface area (Å²) in [6.07, 6.45) is 4.44. The molecule has 1 aliphatic rings. The maximum Gasteiger partial charge on any atom is 0.273 e. The van der Waals surface area contributed by atoms with Crippen LogP contribution in [-0.4, -0.2) is 64.6 Å². The van der Waals surface area contributed by atoms with Crippen molar-refractivity contribution in [1.29, 1.82) is 0 Å². The average Bonchev–Trinajstić information content (AvgIpc) is 3.21. The number of hydrogen-bond acceptors (Lipinski definition) is 6. The molecule has 2 aromatic rings. The molecule has 0 bridgehead atoms. The van der Waals surface area contributed by atoms with Crippen LogP contribution < -0.4 is 5.32 Å². The Kier molecular flexibility index (Phi) is 8.12. The summed E-state index contributed by atoms with van der Waals surface area (Å²) in [5, 5.41) is 12.8. The Bertz CT molecular complexity index is 816. The number of amides is 1. The van der Waals surface area contributed by atoms with E-state index >= 15 is 0 Å². The van der Waals surface area contributed by atoms with E-state index in [4.69, 9.17) is 4.42 Å². The monoisotopic (exact) mass is 416 g/mol. The van der Waals surface area contributed by atoms with Crippen LogP contribution >= 0.6 is 0 Å². The summed E-state index contributed by atoms with van der Waals surface area (Å²) in [4.78, 5) is 21.0. The number of aromatic nitrogens is 1. The third-order valence-corrected chi connectivity index (χ3v) is 5.15. The average molecular weight is 416 g/mol. The number of nitrogens with zero attached hydrogens (tertiary/aromatic N) is 3. The van der Waals surface area contributed by atoms with Crippen LogP contribution in [0.5, 0.6) is 0 Å². The maximum atomic E-state index is 12.9. The Morgan fingerprint density at radius 3 is 2.67 bits per heavy atom. The second kappa shape index (κ2) is 11.0. The second-order valence-electron chi connectivity index (χ2n) is 7.53. The molecule has 1 aliphatic heterocycles. The molecule has 30 heavy (non-hydrogen) atoms. The van der Waals surface area contributed by atoms with Crippen molar-refractivity contribution in [3.63, 3.8) is 0 Å². The number of aliphatic hydroxyl groups is 1. The van der Waals surface area contributed by atoms with E-state index < -0.39 is 0 Å². The molecule has 0 aliphatic carbocycles. The summed E-state index contributed by atoms with van der Waals surface area (Å²) in [5.41, 5.74) is 1.04. The number of halogens is 1. The number of benzene rings is 1. The fourth-order valence-corrected chi connectivity index (χ4v) is 3.38. The zero-order valence-corrected chi connectivity index (χ0v) is 17.1. The van der Waals surface area contributed by atoms with Crippen molar-refractivity contribution in [2.45, 2.75) is 32.0 Å². The summed E-state index contributed by atoms with van der Waals surface area (Å²) in [7, 11) is 0. The SMILES string of the molecule is C=CCC[C@H](O)CN1CCN(Cc2nc(C(=O)NCc3ccc(F)cc3)co2)CC1. The third-order valence-electron chi connectivity index (χ3n) is 5.15. The van der Waals surface area contributed by atoms with Gasteiger partial charge in [0.2, 0.25) is 5.89 Å². The molecule has 8 heteroatoms. The molecule has 0 unspecified atom stereocenters. The summed E-state index contributed by atoms with van der Waals surface area (Å²) in [5.74, 6) is -0.134. The minimum Gasteiger partial charge on any atom is -0.447 e. The van der Waals surface area contributed by atoms with E-state index in [1.807, 2.05) is 6.08 Å². The van der Waals surface area contributed by atoms with Crippen molar-refractivity contribution >= 4 is 5.91 Å². The molecular formula is C22H29FN4O3. The highest BCUT2D eigenvalue weighted by Gasteiger charge is 2.21. The first kappa shape index (κ1) is 22.1. The molecule has 0 saturated carbocycles. The van der Waals surface area contributed by atoms with Crippen LogP contribution in [0, 0.1) is 5.82 Å². The van der Waals surface area contributed by atoms with Crippen LogP contribution in [0.1, 0.15) is 34.8 Å². The number of nitrogens with one attached hydrogen (secondary N) is 1. The molecule has 7 nitrogen and oxygen atoms in total. The number of β-amino-alcohol motifs (C(OH)–C–C–N with tert-alkyl or cyclic N) is 1. The number of rotatable bonds is 10. The largest absolute Gasteiger partial charge is 0.447 e. The van der Waals surface area contributed by atoms with Gasteiger partial charge >= 0.3 is 0 Å². The molecule has 1 atom stereocenters. The van der Waals surface area contributed by atoms with Crippen molar-refractivity contribution in [2.75, 3.05) is 32.7 Å². The minimum absolute atomic E-state index is 0.232. The van der Waals surface area contributed by atoms with Gasteiger partial charge in [0.05, 0.1) is 12.6 Å². The highest BCUT2D eigenvalue weighted by atomic mass is 19.1. The van der Waals surface area contributed by atoms with Crippen LogP contribution in [-0.2, 0) is 13.1 Å². The van der Waals surface area contributed by atoms with Crippen molar-refractivity contribution in [2.24, 2.45) is 0 Å². The zero-order valence-electron chi connectivity index (χ0n) is 17.1. The quantitative estimate of drug-likeness (QED) is 0.578. The number of carbonyl (C=O) groups excluding carboxylic acids is 1. The van der Waals surface area contributed by atoms with E-state index in [1.54, 1.807) is 12.1 Å². The topological polar surface area (TPSA) is 81.8 Å². The Hall–Kier alpha value is -2.55. The lowest BCUT2D eigenvalue weighted by Gasteiger charge is -2.34. The fraction of sp³-hybridized carbons (Fsp3) is 0.455. The summed E-state index contributed by atoms with van der Waals surface area (Å²) in [6.45, 7) is 8.64. The van der Waals surface area contributed by atoms with Gasteiger partial charge in [-0.2, -0.15) is 0 Å². The molecule has 1 amide bonds. The van der Waals surface area contributed by atoms with Crippen molar-refractivity contribution in [3.8, 4) is 0 Å². The van der Waals surface area contributed by atoms with Gasteiger partial charge < -0.3 is 14.8 Å². The maximum absolute atomic E-state index is 12.9. The Balaban J connectivity index is 1.40. The van der Waals surface area contributed by atoms with E-state index in [-0.39, 0.29) is 23.5 Å². The van der Waals surface area contributed by atoms with E-state index in [0.29, 0.717) is 25.5 Å². The molecule has 1 aromatic carbocycles. The van der Waals surface area contributed by atoms with Crippen LogP contribution in [0.4, 0.5) is 4.39 Å². The number of aliphatic hydroxyl groups excluding tert-OH is 1. The van der Waals surface area contributed by atoms with E-state index in [9.17, 15) is 14.3 Å². The molecular weight excluding hydrogens is 387 g/mol. The van der Waals surface area contributed by atoms with Crippen molar-refractivity contribution in [3.05, 3.63) is 66.1 Å². The molecule has 3 rings (SSSR count). The first-order chi connectivity index (χ1) is 14.5. The van der Waals surface area contributed by atoms with Gasteiger partial charge in [-0.05, 0) is 30.5 Å². The minimum atomic E-state index is -0.326. The predicted octanol–water partition coefficient (Wildman–Crippen LogP) is 2.19. The van der Waals surface area contributed by atoms with Gasteiger partial charge in [0, 0.05) is 39.3 Å². The number of piperazine rings is 1. The van der Waals surface area contributed by atoms with Gasteiger partial charge in [-0.15, -0.1) is 6.58 Å². The highest BCUT2D eigenvalue weighted by Crippen LogP contribution is 2.11. The normalized spacial score (nSPS) is 16.3. The van der Waals surface area contributed by atoms with Crippen LogP contribution in [0.25, 0.3) is 0 Å². The summed E-state index contributed by atoms with van der Waals surface area (Å²) >= 11 is 0. The first-order valence-electron chi connectivity index (χ1n) is 10.2. The molecule has 0 radical (unpaired) electrons. The molecule has 1 aromatic heterocycles. The van der Waals surface area contributed by atoms with Gasteiger partial charge in [-0.1, -0.05) is 18.2 Å². The Morgan fingerprint density at radius 2 is 1.97 bits per heavy atom. The fourth-order valence-electron chi connectivity index (χ4n) is 3.38. The summed E-state index contributed by atoms with van der Waals surface area (Å²) in [6, 6.07) is 5.97. The van der Waals surface area contributed by atoms with E-state index in [1.165, 1.54) is 18.4 Å². The second-order valence-corrected chi connectivity index (χ2v) is 7.53. The lowest BCUT2D eigenvalue weighted by molar-refractivity contribution is 0.0642. The van der Waals surface area contributed by atoms with Crippen LogP contribution in [0.3, 0.4) is 0 Å². The molecule has 2 N–H and O–H groups in total. The number of hydrogen-bond donors (Lipinski definition) is 2. The van der Waals surface area contributed by atoms with Gasteiger partial charge in [0.25, 0.3) is 5.91 Å². The lowest BCUT2D eigenvalue weighted by atomic mass is 10.1. The number of allylic oxidation sites excluding steroid dienone is 1. The predicted molar refractivity (Wildman–Crippen MR) is 111 cm³/mol. The van der Waals surface area contributed by atoms with E-state index in [2.05, 4.69) is 26.7 Å². The number of carbonyl (C=O) groups is 1. The van der Waals surface area contributed by atoms with Gasteiger partial charge in [-0.3, -0.25) is 14.6 Å². The van der Waals surface area contributed by atoms with Crippen LogP contribution in [0.2, 0.25) is 0 Å². The molecule has 2 heterocycles. The number of oxazole rings is 1. The van der Waals surface area contributed by atoms with Gasteiger partial charge in [0.1, 0.15) is 12.1 Å². The highest BCUT2D eigenvalue weighted by molar-refractivity contribution is 5.91. The van der Waals surface area contributed by atoms with Crippen molar-refractivity contribution in [1.82, 2.24) is 20.1 Å².